The Hall–Kier alpha value is -1.73. The van der Waals surface area contributed by atoms with Gasteiger partial charge in [0.2, 0.25) is 5.91 Å². The van der Waals surface area contributed by atoms with Crippen LogP contribution < -0.4 is 14.8 Å². The largest absolute Gasteiger partial charge is 0.486 e. The second-order valence-electron chi connectivity index (χ2n) is 4.77. The maximum Gasteiger partial charge on any atom is 0.234 e. The van der Waals surface area contributed by atoms with Crippen molar-refractivity contribution in [1.29, 1.82) is 0 Å². The Morgan fingerprint density at radius 3 is 2.74 bits per heavy atom. The van der Waals surface area contributed by atoms with Crippen LogP contribution in [0.5, 0.6) is 11.5 Å². The average molecular weight is 398 g/mol. The van der Waals surface area contributed by atoms with Crippen molar-refractivity contribution in [3.8, 4) is 11.5 Å². The molecular weight excluding hydrogens is 385 g/mol. The van der Waals surface area contributed by atoms with E-state index in [1.165, 1.54) is 23.9 Å². The maximum atomic E-state index is 13.7. The lowest BCUT2D eigenvalue weighted by Crippen LogP contribution is -2.16. The van der Waals surface area contributed by atoms with Crippen LogP contribution in [0.1, 0.15) is 0 Å². The number of anilines is 1. The number of fused-ring (bicyclic) bond motifs is 1. The molecule has 4 nitrogen and oxygen atoms in total. The topological polar surface area (TPSA) is 47.6 Å². The van der Waals surface area contributed by atoms with Gasteiger partial charge in [0.1, 0.15) is 19.0 Å². The molecule has 0 saturated carbocycles. The van der Waals surface area contributed by atoms with Crippen LogP contribution in [0.25, 0.3) is 0 Å². The summed E-state index contributed by atoms with van der Waals surface area (Å²) < 4.78 is 25.3. The van der Waals surface area contributed by atoms with Crippen LogP contribution >= 0.6 is 27.7 Å². The summed E-state index contributed by atoms with van der Waals surface area (Å²) in [6.45, 7) is 1.06. The number of halogens is 2. The van der Waals surface area contributed by atoms with Gasteiger partial charge >= 0.3 is 0 Å². The highest BCUT2D eigenvalue weighted by atomic mass is 79.9. The number of ether oxygens (including phenoxy) is 2. The van der Waals surface area contributed by atoms with Crippen molar-refractivity contribution in [3.05, 3.63) is 46.7 Å². The van der Waals surface area contributed by atoms with Crippen molar-refractivity contribution in [2.45, 2.75) is 4.90 Å². The summed E-state index contributed by atoms with van der Waals surface area (Å²) in [5.74, 6) is 0.820. The SMILES string of the molecule is O=C(CSc1ccc2c(c1)OCCO2)Nc1ccc(Br)cc1F. The Morgan fingerprint density at radius 2 is 1.96 bits per heavy atom. The molecule has 1 amide bonds. The molecule has 23 heavy (non-hydrogen) atoms. The van der Waals surface area contributed by atoms with Crippen molar-refractivity contribution in [3.63, 3.8) is 0 Å². The molecule has 0 atom stereocenters. The summed E-state index contributed by atoms with van der Waals surface area (Å²) in [4.78, 5) is 12.8. The van der Waals surface area contributed by atoms with Crippen molar-refractivity contribution < 1.29 is 18.7 Å². The highest BCUT2D eigenvalue weighted by molar-refractivity contribution is 9.10. The van der Waals surface area contributed by atoms with Gasteiger partial charge in [0.05, 0.1) is 11.4 Å². The number of nitrogens with one attached hydrogen (secondary N) is 1. The van der Waals surface area contributed by atoms with E-state index in [0.717, 1.165) is 4.90 Å². The molecule has 1 N–H and O–H groups in total. The van der Waals surface area contributed by atoms with E-state index < -0.39 is 5.82 Å². The number of rotatable bonds is 4. The molecule has 1 aliphatic rings. The lowest BCUT2D eigenvalue weighted by atomic mass is 10.3. The fraction of sp³-hybridized carbons (Fsp3) is 0.188. The quantitative estimate of drug-likeness (QED) is 0.789. The number of amides is 1. The number of hydrogen-bond acceptors (Lipinski definition) is 4. The second kappa shape index (κ2) is 7.23. The minimum atomic E-state index is -0.475. The van der Waals surface area contributed by atoms with Crippen LogP contribution in [-0.2, 0) is 4.79 Å². The molecule has 2 aromatic rings. The van der Waals surface area contributed by atoms with E-state index in [9.17, 15) is 9.18 Å². The first-order valence-corrected chi connectivity index (χ1v) is 8.67. The fourth-order valence-electron chi connectivity index (χ4n) is 2.04. The summed E-state index contributed by atoms with van der Waals surface area (Å²) in [6.07, 6.45) is 0. The normalized spacial score (nSPS) is 12.8. The van der Waals surface area contributed by atoms with Gasteiger partial charge in [-0.1, -0.05) is 15.9 Å². The van der Waals surface area contributed by atoms with Crippen LogP contribution in [0.3, 0.4) is 0 Å². The fourth-order valence-corrected chi connectivity index (χ4v) is 3.10. The minimum absolute atomic E-state index is 0.168. The molecule has 1 heterocycles. The molecule has 0 aliphatic carbocycles. The Bertz CT molecular complexity index is 741. The first kappa shape index (κ1) is 16.1. The van der Waals surface area contributed by atoms with E-state index in [4.69, 9.17) is 9.47 Å². The predicted molar refractivity (Wildman–Crippen MR) is 90.9 cm³/mol. The third-order valence-electron chi connectivity index (χ3n) is 3.09. The maximum absolute atomic E-state index is 13.7. The van der Waals surface area contributed by atoms with E-state index in [-0.39, 0.29) is 17.3 Å². The average Bonchev–Trinajstić information content (AvgIpc) is 2.55. The monoisotopic (exact) mass is 397 g/mol. The van der Waals surface area contributed by atoms with Gasteiger partial charge in [-0.3, -0.25) is 4.79 Å². The third-order valence-corrected chi connectivity index (χ3v) is 4.58. The third kappa shape index (κ3) is 4.17. The molecule has 0 spiro atoms. The first-order chi connectivity index (χ1) is 11.1. The standard InChI is InChI=1S/C16H13BrFNO3S/c17-10-1-3-13(12(18)7-10)19-16(20)9-23-11-2-4-14-15(8-11)22-6-5-21-14/h1-4,7-8H,5-6,9H2,(H,19,20). The summed E-state index contributed by atoms with van der Waals surface area (Å²) in [5.41, 5.74) is 0.168. The lowest BCUT2D eigenvalue weighted by Gasteiger charge is -2.18. The number of benzene rings is 2. The van der Waals surface area contributed by atoms with Gasteiger partial charge in [0, 0.05) is 9.37 Å². The Balaban J connectivity index is 1.58. The van der Waals surface area contributed by atoms with Crippen LogP contribution in [0.15, 0.2) is 45.8 Å². The number of hydrogen-bond donors (Lipinski definition) is 1. The number of carbonyl (C=O) groups is 1. The lowest BCUT2D eigenvalue weighted by molar-refractivity contribution is -0.113. The van der Waals surface area contributed by atoms with E-state index in [1.807, 2.05) is 18.2 Å². The highest BCUT2D eigenvalue weighted by Gasteiger charge is 2.13. The molecule has 0 bridgehead atoms. The van der Waals surface area contributed by atoms with Crippen molar-refractivity contribution in [2.24, 2.45) is 0 Å². The molecule has 3 rings (SSSR count). The number of thioether (sulfide) groups is 1. The molecule has 7 heteroatoms. The molecule has 120 valence electrons. The summed E-state index contributed by atoms with van der Waals surface area (Å²) in [6, 6.07) is 10.0. The van der Waals surface area contributed by atoms with Crippen molar-refractivity contribution in [2.75, 3.05) is 24.3 Å². The summed E-state index contributed by atoms with van der Waals surface area (Å²) in [7, 11) is 0. The second-order valence-corrected chi connectivity index (χ2v) is 6.73. The van der Waals surface area contributed by atoms with Gasteiger partial charge in [0.25, 0.3) is 0 Å². The number of carbonyl (C=O) groups excluding carboxylic acids is 1. The van der Waals surface area contributed by atoms with Crippen LogP contribution in [-0.4, -0.2) is 24.9 Å². The Labute approximate surface area is 145 Å². The van der Waals surface area contributed by atoms with Crippen LogP contribution in [0.2, 0.25) is 0 Å². The highest BCUT2D eigenvalue weighted by Crippen LogP contribution is 2.34. The van der Waals surface area contributed by atoms with E-state index in [1.54, 1.807) is 6.07 Å². The molecule has 0 saturated heterocycles. The van der Waals surface area contributed by atoms with Gasteiger partial charge < -0.3 is 14.8 Å². The molecule has 0 unspecified atom stereocenters. The minimum Gasteiger partial charge on any atom is -0.486 e. The van der Waals surface area contributed by atoms with Crippen molar-refractivity contribution in [1.82, 2.24) is 0 Å². The van der Waals surface area contributed by atoms with Gasteiger partial charge in [-0.15, -0.1) is 11.8 Å². The molecule has 0 radical (unpaired) electrons. The Kier molecular flexibility index (Phi) is 5.07. The van der Waals surface area contributed by atoms with Gasteiger partial charge in [-0.25, -0.2) is 4.39 Å². The predicted octanol–water partition coefficient (Wildman–Crippen LogP) is 4.09. The molecular formula is C16H13BrFNO3S. The summed E-state index contributed by atoms with van der Waals surface area (Å²) in [5, 5.41) is 2.56. The van der Waals surface area contributed by atoms with Gasteiger partial charge in [-0.2, -0.15) is 0 Å². The van der Waals surface area contributed by atoms with Crippen LogP contribution in [0, 0.1) is 5.82 Å². The van der Waals surface area contributed by atoms with E-state index >= 15 is 0 Å². The van der Waals surface area contributed by atoms with Crippen LogP contribution in [0.4, 0.5) is 10.1 Å². The molecule has 2 aromatic carbocycles. The Morgan fingerprint density at radius 1 is 1.17 bits per heavy atom. The van der Waals surface area contributed by atoms with E-state index in [2.05, 4.69) is 21.2 Å². The van der Waals surface area contributed by atoms with E-state index in [0.29, 0.717) is 29.2 Å². The van der Waals surface area contributed by atoms with Gasteiger partial charge in [0.15, 0.2) is 11.5 Å². The van der Waals surface area contributed by atoms with Crippen molar-refractivity contribution >= 4 is 39.3 Å². The van der Waals surface area contributed by atoms with Gasteiger partial charge in [-0.05, 0) is 36.4 Å². The molecule has 1 aliphatic heterocycles. The molecule has 0 aromatic heterocycles. The first-order valence-electron chi connectivity index (χ1n) is 6.89. The smallest absolute Gasteiger partial charge is 0.234 e. The summed E-state index contributed by atoms with van der Waals surface area (Å²) >= 11 is 4.53. The molecule has 0 fully saturated rings. The zero-order valence-corrected chi connectivity index (χ0v) is 14.4. The zero-order valence-electron chi connectivity index (χ0n) is 12.0. The zero-order chi connectivity index (χ0) is 16.2.